The van der Waals surface area contributed by atoms with Crippen molar-refractivity contribution in [2.75, 3.05) is 31.4 Å². The summed E-state index contributed by atoms with van der Waals surface area (Å²) < 4.78 is 17.1. The average molecular weight is 326 g/mol. The standard InChI is InChI=1S/C14H18N2O3S2/c1-19-9-4-5-10-11(8-9)20-13(12(10)15)14(17)16-6-3-7-21(2)18/h4-5,8H,3,6-7,15H2,1-2H3,(H,16,17). The number of methoxy groups -OCH3 is 1. The van der Waals surface area contributed by atoms with Crippen LogP contribution in [0.2, 0.25) is 0 Å². The highest BCUT2D eigenvalue weighted by atomic mass is 32.2. The van der Waals surface area contributed by atoms with E-state index < -0.39 is 10.8 Å². The van der Waals surface area contributed by atoms with Crippen molar-refractivity contribution in [2.24, 2.45) is 0 Å². The molecule has 21 heavy (non-hydrogen) atoms. The van der Waals surface area contributed by atoms with Crippen LogP contribution in [0.25, 0.3) is 10.1 Å². The first-order chi connectivity index (χ1) is 10.0. The van der Waals surface area contributed by atoms with E-state index in [-0.39, 0.29) is 5.91 Å². The van der Waals surface area contributed by atoms with Gasteiger partial charge in [-0.3, -0.25) is 9.00 Å². The molecule has 1 atom stereocenters. The quantitative estimate of drug-likeness (QED) is 0.796. The molecule has 0 saturated heterocycles. The van der Waals surface area contributed by atoms with E-state index in [4.69, 9.17) is 10.5 Å². The molecule has 2 rings (SSSR count). The predicted octanol–water partition coefficient (Wildman–Crippen LogP) is 1.99. The number of thiophene rings is 1. The molecule has 7 heteroatoms. The fourth-order valence-corrected chi connectivity index (χ4v) is 3.57. The van der Waals surface area contributed by atoms with Gasteiger partial charge in [-0.25, -0.2) is 0 Å². The number of fused-ring (bicyclic) bond motifs is 1. The van der Waals surface area contributed by atoms with Crippen LogP contribution < -0.4 is 15.8 Å². The topological polar surface area (TPSA) is 81.4 Å². The van der Waals surface area contributed by atoms with Gasteiger partial charge in [0.15, 0.2) is 0 Å². The maximum absolute atomic E-state index is 12.1. The molecule has 0 aliphatic carbocycles. The maximum atomic E-state index is 12.1. The Balaban J connectivity index is 2.12. The summed E-state index contributed by atoms with van der Waals surface area (Å²) in [7, 11) is 0.768. The number of nitrogens with one attached hydrogen (secondary N) is 1. The van der Waals surface area contributed by atoms with Gasteiger partial charge in [0.25, 0.3) is 5.91 Å². The second-order valence-electron chi connectivity index (χ2n) is 4.59. The lowest BCUT2D eigenvalue weighted by Crippen LogP contribution is -2.25. The third kappa shape index (κ3) is 3.74. The van der Waals surface area contributed by atoms with Gasteiger partial charge in [-0.2, -0.15) is 0 Å². The van der Waals surface area contributed by atoms with Crippen molar-refractivity contribution in [3.63, 3.8) is 0 Å². The number of nitrogens with two attached hydrogens (primary N) is 1. The van der Waals surface area contributed by atoms with E-state index >= 15 is 0 Å². The van der Waals surface area contributed by atoms with Crippen molar-refractivity contribution in [3.8, 4) is 5.75 Å². The van der Waals surface area contributed by atoms with Gasteiger partial charge >= 0.3 is 0 Å². The number of hydrogen-bond donors (Lipinski definition) is 2. The lowest BCUT2D eigenvalue weighted by Gasteiger charge is -2.03. The van der Waals surface area contributed by atoms with Crippen LogP contribution in [0.1, 0.15) is 16.1 Å². The number of benzene rings is 1. The second-order valence-corrected chi connectivity index (χ2v) is 7.20. The van der Waals surface area contributed by atoms with Gasteiger partial charge in [0.2, 0.25) is 0 Å². The Morgan fingerprint density at radius 1 is 1.48 bits per heavy atom. The molecule has 1 aromatic heterocycles. The van der Waals surface area contributed by atoms with Crippen molar-refractivity contribution >= 4 is 43.8 Å². The van der Waals surface area contributed by atoms with Gasteiger partial charge in [-0.15, -0.1) is 11.3 Å². The van der Waals surface area contributed by atoms with Crippen LogP contribution in [-0.2, 0) is 10.8 Å². The number of nitrogen functional groups attached to an aromatic ring is 1. The van der Waals surface area contributed by atoms with E-state index in [9.17, 15) is 9.00 Å². The fraction of sp³-hybridized carbons (Fsp3) is 0.357. The van der Waals surface area contributed by atoms with Crippen LogP contribution in [-0.4, -0.2) is 35.8 Å². The molecule has 0 saturated carbocycles. The van der Waals surface area contributed by atoms with E-state index in [0.717, 1.165) is 15.8 Å². The monoisotopic (exact) mass is 326 g/mol. The lowest BCUT2D eigenvalue weighted by atomic mass is 10.2. The van der Waals surface area contributed by atoms with Crippen LogP contribution >= 0.6 is 11.3 Å². The molecule has 0 radical (unpaired) electrons. The minimum Gasteiger partial charge on any atom is -0.497 e. The number of carbonyl (C=O) groups is 1. The molecular formula is C14H18N2O3S2. The second kappa shape index (κ2) is 6.91. The van der Waals surface area contributed by atoms with E-state index in [1.54, 1.807) is 13.4 Å². The number of amides is 1. The minimum absolute atomic E-state index is 0.186. The Morgan fingerprint density at radius 2 is 2.24 bits per heavy atom. The Hall–Kier alpha value is -1.60. The molecule has 3 N–H and O–H groups in total. The zero-order valence-electron chi connectivity index (χ0n) is 12.0. The summed E-state index contributed by atoms with van der Waals surface area (Å²) in [4.78, 5) is 12.7. The molecular weight excluding hydrogens is 308 g/mol. The lowest BCUT2D eigenvalue weighted by molar-refractivity contribution is 0.0958. The van der Waals surface area contributed by atoms with Crippen molar-refractivity contribution < 1.29 is 13.7 Å². The van der Waals surface area contributed by atoms with Gasteiger partial charge in [0.05, 0.1) is 12.8 Å². The molecule has 0 aliphatic rings. The van der Waals surface area contributed by atoms with Crippen molar-refractivity contribution in [1.29, 1.82) is 0 Å². The first-order valence-electron chi connectivity index (χ1n) is 6.47. The van der Waals surface area contributed by atoms with Crippen LogP contribution in [0, 0.1) is 0 Å². The van der Waals surface area contributed by atoms with Crippen molar-refractivity contribution in [2.45, 2.75) is 6.42 Å². The highest BCUT2D eigenvalue weighted by Gasteiger charge is 2.16. The fourth-order valence-electron chi connectivity index (χ4n) is 1.95. The minimum atomic E-state index is -0.833. The van der Waals surface area contributed by atoms with Crippen LogP contribution in [0.5, 0.6) is 5.75 Å². The van der Waals surface area contributed by atoms with Crippen LogP contribution in [0.3, 0.4) is 0 Å². The van der Waals surface area contributed by atoms with Gasteiger partial charge in [0, 0.05) is 39.4 Å². The maximum Gasteiger partial charge on any atom is 0.263 e. The summed E-state index contributed by atoms with van der Waals surface area (Å²) in [6, 6.07) is 5.55. The summed E-state index contributed by atoms with van der Waals surface area (Å²) in [5.74, 6) is 1.13. The zero-order valence-corrected chi connectivity index (χ0v) is 13.6. The molecule has 114 valence electrons. The highest BCUT2D eigenvalue weighted by Crippen LogP contribution is 2.35. The molecule has 0 aliphatic heterocycles. The zero-order chi connectivity index (χ0) is 15.4. The molecule has 0 spiro atoms. The Bertz CT molecular complexity index is 682. The van der Waals surface area contributed by atoms with E-state index in [0.29, 0.717) is 29.3 Å². The Morgan fingerprint density at radius 3 is 2.90 bits per heavy atom. The number of anilines is 1. The SMILES string of the molecule is COc1ccc2c(N)c(C(=O)NCCCS(C)=O)sc2c1. The molecule has 2 aromatic rings. The molecule has 0 bridgehead atoms. The van der Waals surface area contributed by atoms with E-state index in [2.05, 4.69) is 5.32 Å². The summed E-state index contributed by atoms with van der Waals surface area (Å²) in [6.45, 7) is 0.495. The van der Waals surface area contributed by atoms with Crippen LogP contribution in [0.4, 0.5) is 5.69 Å². The highest BCUT2D eigenvalue weighted by molar-refractivity contribution is 7.84. The summed E-state index contributed by atoms with van der Waals surface area (Å²) >= 11 is 1.35. The normalized spacial score (nSPS) is 12.3. The molecule has 1 heterocycles. The van der Waals surface area contributed by atoms with E-state index in [1.165, 1.54) is 11.3 Å². The van der Waals surface area contributed by atoms with Crippen molar-refractivity contribution in [1.82, 2.24) is 5.32 Å². The number of ether oxygens (including phenoxy) is 1. The molecule has 1 unspecified atom stereocenters. The molecule has 5 nitrogen and oxygen atoms in total. The third-order valence-electron chi connectivity index (χ3n) is 3.04. The van der Waals surface area contributed by atoms with E-state index in [1.807, 2.05) is 18.2 Å². The summed E-state index contributed by atoms with van der Waals surface area (Å²) in [5.41, 5.74) is 6.54. The summed E-state index contributed by atoms with van der Waals surface area (Å²) in [6.07, 6.45) is 2.34. The number of rotatable bonds is 6. The first kappa shape index (κ1) is 15.8. The van der Waals surface area contributed by atoms with Gasteiger partial charge < -0.3 is 15.8 Å². The summed E-state index contributed by atoms with van der Waals surface area (Å²) in [5, 5.41) is 3.67. The first-order valence-corrected chi connectivity index (χ1v) is 9.01. The number of hydrogen-bond acceptors (Lipinski definition) is 5. The van der Waals surface area contributed by atoms with Gasteiger partial charge in [-0.1, -0.05) is 0 Å². The molecule has 0 fully saturated rings. The van der Waals surface area contributed by atoms with Crippen molar-refractivity contribution in [3.05, 3.63) is 23.1 Å². The molecule has 1 aromatic carbocycles. The Labute approximate surface area is 129 Å². The molecule has 1 amide bonds. The third-order valence-corrected chi connectivity index (χ3v) is 5.07. The van der Waals surface area contributed by atoms with Gasteiger partial charge in [0.1, 0.15) is 10.6 Å². The number of carbonyl (C=O) groups excluding carboxylic acids is 1. The van der Waals surface area contributed by atoms with Gasteiger partial charge in [-0.05, 0) is 24.6 Å². The predicted molar refractivity (Wildman–Crippen MR) is 88.7 cm³/mol. The Kier molecular flexibility index (Phi) is 5.19. The van der Waals surface area contributed by atoms with Crippen LogP contribution in [0.15, 0.2) is 18.2 Å². The smallest absolute Gasteiger partial charge is 0.263 e. The average Bonchev–Trinajstić information content (AvgIpc) is 2.79. The largest absolute Gasteiger partial charge is 0.497 e.